The largest absolute Gasteiger partial charge is 0.327 e. The fourth-order valence-electron chi connectivity index (χ4n) is 2.37. The molecular weight excluding hydrogens is 292 g/mol. The summed E-state index contributed by atoms with van der Waals surface area (Å²) >= 11 is 0. The van der Waals surface area contributed by atoms with Crippen molar-refractivity contribution in [1.82, 2.24) is 9.55 Å². The maximum atomic E-state index is 10.7. The Labute approximate surface area is 132 Å². The highest BCUT2D eigenvalue weighted by Gasteiger charge is 2.10. The summed E-state index contributed by atoms with van der Waals surface area (Å²) in [7, 11) is 0. The summed E-state index contributed by atoms with van der Waals surface area (Å²) in [5.41, 5.74) is 2.45. The zero-order valence-corrected chi connectivity index (χ0v) is 12.1. The van der Waals surface area contributed by atoms with Crippen LogP contribution >= 0.6 is 0 Å². The lowest BCUT2D eigenvalue weighted by atomic mass is 10.1. The maximum Gasteiger partial charge on any atom is 0.269 e. The van der Waals surface area contributed by atoms with Crippen LogP contribution in [-0.2, 0) is 6.54 Å². The molecule has 0 saturated carbocycles. The Balaban J connectivity index is 1.90. The van der Waals surface area contributed by atoms with Crippen LogP contribution in [0.5, 0.6) is 0 Å². The molecule has 112 valence electrons. The van der Waals surface area contributed by atoms with E-state index in [1.165, 1.54) is 12.1 Å². The first-order chi connectivity index (χ1) is 11.2. The van der Waals surface area contributed by atoms with Gasteiger partial charge in [-0.1, -0.05) is 12.1 Å². The minimum Gasteiger partial charge on any atom is -0.327 e. The first kappa shape index (κ1) is 14.5. The Hall–Kier alpha value is -3.46. The second kappa shape index (κ2) is 6.12. The molecule has 0 saturated heterocycles. The third-order valence-corrected chi connectivity index (χ3v) is 3.46. The molecule has 3 aromatic rings. The van der Waals surface area contributed by atoms with E-state index in [0.29, 0.717) is 12.1 Å². The number of hydrogen-bond donors (Lipinski definition) is 0. The van der Waals surface area contributed by atoms with E-state index in [9.17, 15) is 10.1 Å². The number of nitro benzene ring substituents is 1. The molecule has 0 atom stereocenters. The van der Waals surface area contributed by atoms with Crippen molar-refractivity contribution in [2.24, 2.45) is 0 Å². The minimum atomic E-state index is -0.427. The van der Waals surface area contributed by atoms with Crippen molar-refractivity contribution in [3.8, 4) is 17.5 Å². The molecule has 23 heavy (non-hydrogen) atoms. The molecule has 0 unspecified atom stereocenters. The lowest BCUT2D eigenvalue weighted by Crippen LogP contribution is -2.01. The lowest BCUT2D eigenvalue weighted by molar-refractivity contribution is -0.384. The normalized spacial score (nSPS) is 10.2. The molecule has 1 heterocycles. The fraction of sp³-hybridized carbons (Fsp3) is 0.0588. The van der Waals surface area contributed by atoms with Crippen molar-refractivity contribution in [3.05, 3.63) is 82.2 Å². The van der Waals surface area contributed by atoms with Crippen LogP contribution in [0.15, 0.2) is 60.9 Å². The topological polar surface area (TPSA) is 84.8 Å². The third kappa shape index (κ3) is 3.09. The van der Waals surface area contributed by atoms with Gasteiger partial charge in [0.15, 0.2) is 0 Å². The fourth-order valence-corrected chi connectivity index (χ4v) is 2.37. The third-order valence-electron chi connectivity index (χ3n) is 3.46. The van der Waals surface area contributed by atoms with Gasteiger partial charge in [0.2, 0.25) is 0 Å². The Kier molecular flexibility index (Phi) is 3.85. The summed E-state index contributed by atoms with van der Waals surface area (Å²) in [6, 6.07) is 15.8. The van der Waals surface area contributed by atoms with E-state index in [1.807, 2.05) is 29.0 Å². The molecule has 0 spiro atoms. The van der Waals surface area contributed by atoms with E-state index >= 15 is 0 Å². The van der Waals surface area contributed by atoms with Gasteiger partial charge < -0.3 is 4.57 Å². The number of nitro groups is 1. The van der Waals surface area contributed by atoms with E-state index < -0.39 is 4.92 Å². The number of hydrogen-bond acceptors (Lipinski definition) is 4. The van der Waals surface area contributed by atoms with Gasteiger partial charge >= 0.3 is 0 Å². The molecule has 0 aliphatic rings. The maximum absolute atomic E-state index is 10.7. The van der Waals surface area contributed by atoms with E-state index in [1.54, 1.807) is 24.4 Å². The van der Waals surface area contributed by atoms with Crippen molar-refractivity contribution in [2.45, 2.75) is 6.54 Å². The van der Waals surface area contributed by atoms with Gasteiger partial charge in [0.05, 0.1) is 16.6 Å². The van der Waals surface area contributed by atoms with Gasteiger partial charge in [-0.05, 0) is 29.8 Å². The molecule has 1 aromatic heterocycles. The molecule has 0 aliphatic heterocycles. The number of imidazole rings is 1. The highest BCUT2D eigenvalue weighted by atomic mass is 16.6. The van der Waals surface area contributed by atoms with Gasteiger partial charge in [-0.3, -0.25) is 10.1 Å². The van der Waals surface area contributed by atoms with Gasteiger partial charge in [-0.15, -0.1) is 0 Å². The number of nitrogens with zero attached hydrogens (tertiary/aromatic N) is 4. The Morgan fingerprint density at radius 1 is 1.22 bits per heavy atom. The standard InChI is InChI=1S/C17H12N4O2/c18-11-13-2-1-3-14(10-13)12-20-9-8-19-17(20)15-4-6-16(7-5-15)21(22)23/h1-10H,12H2. The predicted molar refractivity (Wildman–Crippen MR) is 84.6 cm³/mol. The second-order valence-corrected chi connectivity index (χ2v) is 4.99. The zero-order valence-electron chi connectivity index (χ0n) is 12.1. The van der Waals surface area contributed by atoms with Crippen LogP contribution in [-0.4, -0.2) is 14.5 Å². The Morgan fingerprint density at radius 3 is 2.70 bits per heavy atom. The second-order valence-electron chi connectivity index (χ2n) is 4.99. The summed E-state index contributed by atoms with van der Waals surface area (Å²) < 4.78 is 1.94. The Bertz CT molecular complexity index is 891. The van der Waals surface area contributed by atoms with Crippen LogP contribution in [0.4, 0.5) is 5.69 Å². The average Bonchev–Trinajstić information content (AvgIpc) is 3.03. The number of non-ortho nitro benzene ring substituents is 1. The number of aromatic nitrogens is 2. The quantitative estimate of drug-likeness (QED) is 0.546. The molecule has 3 rings (SSSR count). The van der Waals surface area contributed by atoms with Crippen molar-refractivity contribution in [2.75, 3.05) is 0 Å². The summed E-state index contributed by atoms with van der Waals surface area (Å²) in [5, 5.41) is 19.7. The molecule has 6 nitrogen and oxygen atoms in total. The van der Waals surface area contributed by atoms with Crippen LogP contribution in [0.2, 0.25) is 0 Å². The monoisotopic (exact) mass is 304 g/mol. The summed E-state index contributed by atoms with van der Waals surface area (Å²) in [6.07, 6.45) is 3.53. The molecule has 0 N–H and O–H groups in total. The first-order valence-electron chi connectivity index (χ1n) is 6.92. The van der Waals surface area contributed by atoms with Gasteiger partial charge in [0.25, 0.3) is 5.69 Å². The van der Waals surface area contributed by atoms with Gasteiger partial charge in [0.1, 0.15) is 5.82 Å². The number of benzene rings is 2. The number of rotatable bonds is 4. The van der Waals surface area contributed by atoms with Crippen LogP contribution in [0.25, 0.3) is 11.4 Å². The van der Waals surface area contributed by atoms with E-state index in [-0.39, 0.29) is 5.69 Å². The van der Waals surface area contributed by atoms with Crippen molar-refractivity contribution >= 4 is 5.69 Å². The van der Waals surface area contributed by atoms with Crippen LogP contribution in [0, 0.1) is 21.4 Å². The highest BCUT2D eigenvalue weighted by molar-refractivity contribution is 5.58. The molecule has 0 aliphatic carbocycles. The van der Waals surface area contributed by atoms with Crippen molar-refractivity contribution < 1.29 is 4.92 Å². The molecule has 0 bridgehead atoms. The van der Waals surface area contributed by atoms with E-state index in [4.69, 9.17) is 5.26 Å². The van der Waals surface area contributed by atoms with Crippen LogP contribution in [0.3, 0.4) is 0 Å². The molecule has 6 heteroatoms. The highest BCUT2D eigenvalue weighted by Crippen LogP contribution is 2.22. The molecule has 0 amide bonds. The summed E-state index contributed by atoms with van der Waals surface area (Å²) in [5.74, 6) is 0.724. The minimum absolute atomic E-state index is 0.0496. The SMILES string of the molecule is N#Cc1cccc(Cn2ccnc2-c2ccc([N+](=O)[O-])cc2)c1. The summed E-state index contributed by atoms with van der Waals surface area (Å²) in [4.78, 5) is 14.6. The van der Waals surface area contributed by atoms with Gasteiger partial charge in [0, 0.05) is 36.6 Å². The van der Waals surface area contributed by atoms with Gasteiger partial charge in [-0.2, -0.15) is 5.26 Å². The van der Waals surface area contributed by atoms with E-state index in [2.05, 4.69) is 11.1 Å². The van der Waals surface area contributed by atoms with Crippen LogP contribution in [0.1, 0.15) is 11.1 Å². The number of nitriles is 1. The summed E-state index contributed by atoms with van der Waals surface area (Å²) in [6.45, 7) is 0.571. The average molecular weight is 304 g/mol. The first-order valence-corrected chi connectivity index (χ1v) is 6.92. The van der Waals surface area contributed by atoms with Crippen molar-refractivity contribution in [3.63, 3.8) is 0 Å². The van der Waals surface area contributed by atoms with Crippen molar-refractivity contribution in [1.29, 1.82) is 5.26 Å². The zero-order chi connectivity index (χ0) is 16.2. The predicted octanol–water partition coefficient (Wildman–Crippen LogP) is 3.38. The van der Waals surface area contributed by atoms with Gasteiger partial charge in [-0.25, -0.2) is 4.98 Å². The molecular formula is C17H12N4O2. The van der Waals surface area contributed by atoms with E-state index in [0.717, 1.165) is 17.0 Å². The molecule has 0 fully saturated rings. The molecule has 0 radical (unpaired) electrons. The van der Waals surface area contributed by atoms with Crippen LogP contribution < -0.4 is 0 Å². The Morgan fingerprint density at radius 2 is 2.00 bits per heavy atom. The lowest BCUT2D eigenvalue weighted by Gasteiger charge is -2.08. The molecule has 2 aromatic carbocycles. The smallest absolute Gasteiger partial charge is 0.269 e.